The molecule has 4 aliphatic rings. The number of rotatable bonds is 5. The van der Waals surface area contributed by atoms with Gasteiger partial charge in [-0.25, -0.2) is 0 Å². The Hall–Kier alpha value is -4.21. The fourth-order valence-electron chi connectivity index (χ4n) is 8.90. The molecule has 12 rings (SSSR count). The van der Waals surface area contributed by atoms with E-state index in [0.717, 1.165) is 55.0 Å². The molecule has 8 nitrogen and oxygen atoms in total. The van der Waals surface area contributed by atoms with E-state index in [1.165, 1.54) is 24.4 Å². The number of thiophene rings is 4. The Morgan fingerprint density at radius 3 is 1.16 bits per heavy atom. The zero-order valence-corrected chi connectivity index (χ0v) is 49.9. The van der Waals surface area contributed by atoms with Gasteiger partial charge in [-0.1, -0.05) is 54.1 Å². The third-order valence-electron chi connectivity index (χ3n) is 14.5. The van der Waals surface area contributed by atoms with Crippen LogP contribution in [0, 0.1) is 21.0 Å². The van der Waals surface area contributed by atoms with Crippen LogP contribution in [0.25, 0.3) is 52.2 Å². The summed E-state index contributed by atoms with van der Waals surface area (Å²) in [6.07, 6.45) is 0. The molecule has 0 unspecified atom stereocenters. The number of carbonyl (C=O) groups is 4. The van der Waals surface area contributed by atoms with Gasteiger partial charge in [0.05, 0.1) is 22.4 Å². The quantitative estimate of drug-likeness (QED) is 0.0953. The Kier molecular flexibility index (Phi) is 14.4. The number of fused-ring (bicyclic) bond motifs is 6. The van der Waals surface area contributed by atoms with Gasteiger partial charge in [0.25, 0.3) is 0 Å². The lowest BCUT2D eigenvalue weighted by atomic mass is 9.82. The topological polar surface area (TPSA) is 105 Å². The molecule has 2 aliphatic heterocycles. The average molecular weight is 1280 g/mol. The van der Waals surface area contributed by atoms with Gasteiger partial charge in [-0.3, -0.25) is 19.2 Å². The van der Waals surface area contributed by atoms with Crippen molar-refractivity contribution in [2.75, 3.05) is 0 Å². The summed E-state index contributed by atoms with van der Waals surface area (Å²) >= 11 is 11.2. The van der Waals surface area contributed by atoms with Gasteiger partial charge in [0, 0.05) is 68.2 Å². The number of hydrogen-bond donors (Lipinski definition) is 0. The first kappa shape index (κ1) is 53.2. The van der Waals surface area contributed by atoms with Crippen molar-refractivity contribution in [1.29, 1.82) is 0 Å². The van der Waals surface area contributed by atoms with Crippen LogP contribution in [0.4, 0.5) is 0 Å². The molecule has 0 radical (unpaired) electrons. The van der Waals surface area contributed by atoms with E-state index in [2.05, 4.69) is 156 Å². The van der Waals surface area contributed by atoms with Gasteiger partial charge in [0.1, 0.15) is 0 Å². The molecular formula is C58H50B2I2O8S4. The van der Waals surface area contributed by atoms with E-state index in [9.17, 15) is 19.2 Å². The monoisotopic (exact) mass is 1280 g/mol. The summed E-state index contributed by atoms with van der Waals surface area (Å²) in [6, 6.07) is 39.9. The second-order valence-electron chi connectivity index (χ2n) is 20.7. The van der Waals surface area contributed by atoms with Gasteiger partial charge in [0.15, 0.2) is 0 Å². The minimum atomic E-state index is -0.416. The lowest BCUT2D eigenvalue weighted by Crippen LogP contribution is -2.41. The van der Waals surface area contributed by atoms with Crippen molar-refractivity contribution in [1.82, 2.24) is 0 Å². The van der Waals surface area contributed by atoms with Crippen molar-refractivity contribution in [2.24, 2.45) is 0 Å². The molecule has 0 spiro atoms. The molecule has 6 heterocycles. The minimum absolute atomic E-state index is 0.314. The van der Waals surface area contributed by atoms with Crippen LogP contribution >= 0.6 is 90.5 Å². The molecule has 16 heteroatoms. The molecule has 2 saturated heterocycles. The van der Waals surface area contributed by atoms with Crippen LogP contribution in [-0.4, -0.2) is 59.8 Å². The molecule has 0 bridgehead atoms. The van der Waals surface area contributed by atoms with E-state index in [1.54, 1.807) is 63.5 Å². The fourth-order valence-corrected chi connectivity index (χ4v) is 13.9. The van der Waals surface area contributed by atoms with E-state index >= 15 is 0 Å². The number of halogens is 2. The summed E-state index contributed by atoms with van der Waals surface area (Å²) < 4.78 is 28.8. The molecule has 74 heavy (non-hydrogen) atoms. The van der Waals surface area contributed by atoms with Crippen molar-refractivity contribution in [3.05, 3.63) is 161 Å². The van der Waals surface area contributed by atoms with Gasteiger partial charge in [-0.05, 0) is 215 Å². The third kappa shape index (κ3) is 10.0. The number of hydrogen-bond acceptors (Lipinski definition) is 12. The van der Waals surface area contributed by atoms with Gasteiger partial charge in [-0.15, -0.1) is 45.3 Å². The third-order valence-corrected chi connectivity index (χ3v) is 20.6. The second kappa shape index (κ2) is 20.0. The molecule has 4 aromatic carbocycles. The summed E-state index contributed by atoms with van der Waals surface area (Å²) in [5.74, 6) is -1.64. The molecule has 0 saturated carbocycles. The molecule has 0 atom stereocenters. The van der Waals surface area contributed by atoms with Crippen LogP contribution in [0.1, 0.15) is 107 Å². The summed E-state index contributed by atoms with van der Waals surface area (Å²) in [6.45, 7) is 20.7. The number of ketones is 4. The Balaban J connectivity index is 0.000000130. The van der Waals surface area contributed by atoms with Gasteiger partial charge in [0.2, 0.25) is 23.1 Å². The first-order chi connectivity index (χ1) is 34.9. The second-order valence-corrected chi connectivity index (χ2v) is 27.8. The van der Waals surface area contributed by atoms with Gasteiger partial charge < -0.3 is 18.6 Å². The summed E-state index contributed by atoms with van der Waals surface area (Å²) in [5, 5.41) is 0. The van der Waals surface area contributed by atoms with Crippen LogP contribution in [0.3, 0.4) is 0 Å². The summed E-state index contributed by atoms with van der Waals surface area (Å²) in [4.78, 5) is 56.8. The molecule has 2 fully saturated rings. The first-order valence-corrected chi connectivity index (χ1v) is 29.4. The summed E-state index contributed by atoms with van der Waals surface area (Å²) in [5.41, 5.74) is 6.09. The normalized spacial score (nSPS) is 17.5. The van der Waals surface area contributed by atoms with Crippen LogP contribution in [-0.2, 0) is 18.6 Å². The van der Waals surface area contributed by atoms with Crippen LogP contribution in [0.15, 0.2) is 121 Å². The zero-order chi connectivity index (χ0) is 52.8. The molecule has 2 aliphatic carbocycles. The van der Waals surface area contributed by atoms with Crippen LogP contribution < -0.4 is 9.55 Å². The highest BCUT2D eigenvalue weighted by atomic mass is 127. The van der Waals surface area contributed by atoms with Crippen molar-refractivity contribution < 1.29 is 37.8 Å². The largest absolute Gasteiger partial charge is 0.505 e. The molecular weight excluding hydrogens is 1230 g/mol. The first-order valence-electron chi connectivity index (χ1n) is 24.0. The number of benzene rings is 4. The fraction of sp³-hybridized carbons (Fsp3) is 0.241. The number of aryl methyl sites for hydroxylation is 2. The molecule has 374 valence electrons. The highest BCUT2D eigenvalue weighted by Gasteiger charge is 2.53. The predicted octanol–water partition coefficient (Wildman–Crippen LogP) is 14.8. The lowest BCUT2D eigenvalue weighted by Gasteiger charge is -2.32. The van der Waals surface area contributed by atoms with Crippen LogP contribution in [0.5, 0.6) is 0 Å². The van der Waals surface area contributed by atoms with Gasteiger partial charge >= 0.3 is 14.2 Å². The molecule has 8 aromatic rings. The molecule has 0 N–H and O–H groups in total. The number of Topliss-reactive ketones (excluding diaryl/α,β-unsaturated/α-hetero) is 4. The van der Waals surface area contributed by atoms with Crippen molar-refractivity contribution in [2.45, 2.75) is 91.6 Å². The smallest absolute Gasteiger partial charge is 0.399 e. The summed E-state index contributed by atoms with van der Waals surface area (Å²) in [7, 11) is -0.627. The van der Waals surface area contributed by atoms with E-state index in [0.29, 0.717) is 22.3 Å². The Morgan fingerprint density at radius 1 is 0.365 bits per heavy atom. The van der Waals surface area contributed by atoms with E-state index in [-0.39, 0.29) is 36.6 Å². The average Bonchev–Trinajstić information content (AvgIpc) is 4.22. The van der Waals surface area contributed by atoms with Crippen molar-refractivity contribution in [3.63, 3.8) is 0 Å². The molecule has 0 amide bonds. The highest BCUT2D eigenvalue weighted by Crippen LogP contribution is 2.43. The Morgan fingerprint density at radius 2 is 0.716 bits per heavy atom. The highest BCUT2D eigenvalue weighted by molar-refractivity contribution is 14.1. The minimum Gasteiger partial charge on any atom is -0.399 e. The zero-order valence-electron chi connectivity index (χ0n) is 42.4. The van der Waals surface area contributed by atoms with Crippen LogP contribution in [0.2, 0.25) is 0 Å². The van der Waals surface area contributed by atoms with Gasteiger partial charge in [-0.2, -0.15) is 0 Å². The standard InChI is InChI=1S/C24H16O2S2.C20H28B2O4S2.C14H6I2O2/c1-13-3-6-16-17-7-5-15(12-19(17)24(26)23(25)18(16)11-13)20-9-10-22(28-20)21-8-4-14(2)27-21;1-17(2)18(3,4)24-21(23-17)15-11-9-13(27-15)14-10-12-16(28-14)22-25-19(5,6)20(7,8)26-22;15-7-1-3-9-10-4-2-8(16)6-12(10)14(18)13(17)11(9)5-7/h3-12H,1-2H3;9-12H,1-8H3;1-6H. The van der Waals surface area contributed by atoms with Crippen molar-refractivity contribution in [3.8, 4) is 52.2 Å². The maximum Gasteiger partial charge on any atom is 0.505 e. The van der Waals surface area contributed by atoms with E-state index < -0.39 is 23.1 Å². The predicted molar refractivity (Wildman–Crippen MR) is 322 cm³/mol. The van der Waals surface area contributed by atoms with E-state index in [4.69, 9.17) is 18.6 Å². The SMILES string of the molecule is CC1(C)OB(c2ccc(-c3ccc(B4OC(C)(C)C(C)(C)O4)s3)s2)OC1(C)C.Cc1ccc2c(c1)C(=O)C(=O)c1cc(-c3ccc(-c4ccc(C)s4)s3)ccc1-2.O=C1C(=O)c2cc(I)ccc2-c2ccc(I)cc21. The van der Waals surface area contributed by atoms with Crippen molar-refractivity contribution >= 4 is 137 Å². The molecule has 4 aromatic heterocycles. The van der Waals surface area contributed by atoms with E-state index in [1.807, 2.05) is 61.5 Å². The Bertz CT molecular complexity index is 3430. The maximum atomic E-state index is 12.8. The Labute approximate surface area is 475 Å². The maximum absolute atomic E-state index is 12.8. The number of carbonyl (C=O) groups excluding carboxylic acids is 4. The lowest BCUT2D eigenvalue weighted by molar-refractivity contribution is 0.00578.